The molecule has 2 aromatic rings. The Kier molecular flexibility index (Phi) is 3.61. The van der Waals surface area contributed by atoms with E-state index in [2.05, 4.69) is 20.9 Å². The number of ether oxygens (including phenoxy) is 1. The van der Waals surface area contributed by atoms with Gasteiger partial charge in [-0.2, -0.15) is 0 Å². The van der Waals surface area contributed by atoms with E-state index in [1.807, 2.05) is 12.1 Å². The summed E-state index contributed by atoms with van der Waals surface area (Å²) in [6.07, 6.45) is 0. The molecule has 0 radical (unpaired) electrons. The van der Waals surface area contributed by atoms with Gasteiger partial charge in [-0.15, -0.1) is 0 Å². The van der Waals surface area contributed by atoms with Crippen LogP contribution in [0.4, 0.5) is 0 Å². The number of aromatic carboxylic acids is 1. The SMILES string of the molecule is COc1ccc(Br)cc1-c1c(C(=O)O)nc(C)n1C. The van der Waals surface area contributed by atoms with Crippen molar-refractivity contribution in [2.24, 2.45) is 7.05 Å². The van der Waals surface area contributed by atoms with Crippen LogP contribution in [-0.2, 0) is 7.05 Å². The van der Waals surface area contributed by atoms with Crippen molar-refractivity contribution < 1.29 is 14.6 Å². The van der Waals surface area contributed by atoms with Crippen LogP contribution in [0.5, 0.6) is 5.75 Å². The minimum atomic E-state index is -1.05. The predicted molar refractivity (Wildman–Crippen MR) is 74.6 cm³/mol. The number of imidazole rings is 1. The molecule has 1 heterocycles. The molecule has 100 valence electrons. The molecule has 0 atom stereocenters. The van der Waals surface area contributed by atoms with Crippen molar-refractivity contribution in [1.82, 2.24) is 9.55 Å². The molecule has 0 saturated heterocycles. The maximum absolute atomic E-state index is 11.3. The number of methoxy groups -OCH3 is 1. The number of rotatable bonds is 3. The summed E-state index contributed by atoms with van der Waals surface area (Å²) < 4.78 is 7.89. The highest BCUT2D eigenvalue weighted by molar-refractivity contribution is 9.10. The topological polar surface area (TPSA) is 64.3 Å². The van der Waals surface area contributed by atoms with Gasteiger partial charge in [0.15, 0.2) is 5.69 Å². The summed E-state index contributed by atoms with van der Waals surface area (Å²) in [5.41, 5.74) is 1.25. The predicted octanol–water partition coefficient (Wildman–Crippen LogP) is 2.86. The van der Waals surface area contributed by atoms with Gasteiger partial charge in [0, 0.05) is 17.1 Å². The number of aryl methyl sites for hydroxylation is 1. The fourth-order valence-corrected chi connectivity index (χ4v) is 2.29. The van der Waals surface area contributed by atoms with Gasteiger partial charge in [-0.3, -0.25) is 0 Å². The van der Waals surface area contributed by atoms with Crippen molar-refractivity contribution in [2.75, 3.05) is 7.11 Å². The average molecular weight is 325 g/mol. The zero-order valence-corrected chi connectivity index (χ0v) is 12.4. The summed E-state index contributed by atoms with van der Waals surface area (Å²) in [6, 6.07) is 5.45. The average Bonchev–Trinajstić information content (AvgIpc) is 2.66. The first-order valence-electron chi connectivity index (χ1n) is 5.56. The summed E-state index contributed by atoms with van der Waals surface area (Å²) in [6.45, 7) is 1.76. The Hall–Kier alpha value is -1.82. The van der Waals surface area contributed by atoms with Crippen LogP contribution in [0.2, 0.25) is 0 Å². The Morgan fingerprint density at radius 1 is 1.47 bits per heavy atom. The molecule has 0 unspecified atom stereocenters. The zero-order valence-electron chi connectivity index (χ0n) is 10.8. The van der Waals surface area contributed by atoms with E-state index in [0.717, 1.165) is 4.47 Å². The first-order chi connectivity index (χ1) is 8.95. The normalized spacial score (nSPS) is 10.5. The summed E-state index contributed by atoms with van der Waals surface area (Å²) in [7, 11) is 3.33. The van der Waals surface area contributed by atoms with Gasteiger partial charge < -0.3 is 14.4 Å². The molecule has 0 aliphatic rings. The number of aromatic nitrogens is 2. The van der Waals surface area contributed by atoms with E-state index in [1.165, 1.54) is 0 Å². The van der Waals surface area contributed by atoms with Gasteiger partial charge in [0.1, 0.15) is 11.6 Å². The minimum Gasteiger partial charge on any atom is -0.496 e. The largest absolute Gasteiger partial charge is 0.496 e. The van der Waals surface area contributed by atoms with Gasteiger partial charge in [-0.05, 0) is 25.1 Å². The summed E-state index contributed by atoms with van der Waals surface area (Å²) in [5.74, 6) is 0.184. The van der Waals surface area contributed by atoms with Crippen molar-refractivity contribution >= 4 is 21.9 Å². The number of hydrogen-bond acceptors (Lipinski definition) is 3. The first kappa shape index (κ1) is 13.6. The second-order valence-corrected chi connectivity index (χ2v) is 4.98. The van der Waals surface area contributed by atoms with E-state index in [4.69, 9.17) is 4.74 Å². The molecular weight excluding hydrogens is 312 g/mol. The summed E-state index contributed by atoms with van der Waals surface area (Å²) in [4.78, 5) is 15.4. The molecule has 1 aromatic carbocycles. The second-order valence-electron chi connectivity index (χ2n) is 4.07. The smallest absolute Gasteiger partial charge is 0.356 e. The molecule has 6 heteroatoms. The zero-order chi connectivity index (χ0) is 14.2. The maximum atomic E-state index is 11.3. The number of benzene rings is 1. The Morgan fingerprint density at radius 3 is 2.74 bits per heavy atom. The Labute approximate surface area is 119 Å². The number of nitrogens with zero attached hydrogens (tertiary/aromatic N) is 2. The summed E-state index contributed by atoms with van der Waals surface area (Å²) >= 11 is 3.38. The summed E-state index contributed by atoms with van der Waals surface area (Å²) in [5, 5.41) is 9.27. The van der Waals surface area contributed by atoms with Gasteiger partial charge in [0.2, 0.25) is 0 Å². The third-order valence-corrected chi connectivity index (χ3v) is 3.43. The molecule has 0 fully saturated rings. The highest BCUT2D eigenvalue weighted by Gasteiger charge is 2.22. The Balaban J connectivity index is 2.78. The molecule has 1 N–H and O–H groups in total. The van der Waals surface area contributed by atoms with Crippen LogP contribution in [0, 0.1) is 6.92 Å². The molecular formula is C13H13BrN2O3. The molecule has 5 nitrogen and oxygen atoms in total. The highest BCUT2D eigenvalue weighted by Crippen LogP contribution is 2.34. The fraction of sp³-hybridized carbons (Fsp3) is 0.231. The molecule has 2 rings (SSSR count). The van der Waals surface area contributed by atoms with E-state index in [9.17, 15) is 9.90 Å². The molecule has 1 aromatic heterocycles. The molecule has 0 saturated carbocycles. The minimum absolute atomic E-state index is 0.0244. The van der Waals surface area contributed by atoms with Crippen molar-refractivity contribution in [3.8, 4) is 17.0 Å². The number of carboxylic acids is 1. The lowest BCUT2D eigenvalue weighted by atomic mass is 10.1. The van der Waals surface area contributed by atoms with Crippen LogP contribution in [0.25, 0.3) is 11.3 Å². The highest BCUT2D eigenvalue weighted by atomic mass is 79.9. The van der Waals surface area contributed by atoms with Crippen LogP contribution < -0.4 is 4.74 Å². The van der Waals surface area contributed by atoms with Gasteiger partial charge in [0.25, 0.3) is 0 Å². The lowest BCUT2D eigenvalue weighted by Crippen LogP contribution is -2.02. The second kappa shape index (κ2) is 5.05. The van der Waals surface area contributed by atoms with E-state index in [0.29, 0.717) is 22.8 Å². The van der Waals surface area contributed by atoms with Gasteiger partial charge in [-0.1, -0.05) is 15.9 Å². The standard InChI is InChI=1S/C13H13BrN2O3/c1-7-15-11(13(17)18)12(16(7)2)9-6-8(14)4-5-10(9)19-3/h4-6H,1-3H3,(H,17,18). The number of halogens is 1. The first-order valence-corrected chi connectivity index (χ1v) is 6.35. The van der Waals surface area contributed by atoms with Crippen LogP contribution in [-0.4, -0.2) is 27.7 Å². The number of hydrogen-bond donors (Lipinski definition) is 1. The van der Waals surface area contributed by atoms with Crippen molar-refractivity contribution in [1.29, 1.82) is 0 Å². The van der Waals surface area contributed by atoms with Crippen LogP contribution in [0.15, 0.2) is 22.7 Å². The Morgan fingerprint density at radius 2 is 2.16 bits per heavy atom. The van der Waals surface area contributed by atoms with Crippen LogP contribution in [0.3, 0.4) is 0 Å². The van der Waals surface area contributed by atoms with Gasteiger partial charge >= 0.3 is 5.97 Å². The van der Waals surface area contributed by atoms with Crippen molar-refractivity contribution in [3.05, 3.63) is 34.2 Å². The van der Waals surface area contributed by atoms with Crippen LogP contribution in [0.1, 0.15) is 16.3 Å². The molecule has 0 spiro atoms. The van der Waals surface area contributed by atoms with E-state index in [-0.39, 0.29) is 5.69 Å². The third kappa shape index (κ3) is 2.35. The third-order valence-electron chi connectivity index (χ3n) is 2.94. The van der Waals surface area contributed by atoms with Gasteiger partial charge in [-0.25, -0.2) is 9.78 Å². The quantitative estimate of drug-likeness (QED) is 0.942. The Bertz CT molecular complexity index is 650. The fourth-order valence-electron chi connectivity index (χ4n) is 1.93. The van der Waals surface area contributed by atoms with E-state index >= 15 is 0 Å². The monoisotopic (exact) mass is 324 g/mol. The van der Waals surface area contributed by atoms with Crippen LogP contribution >= 0.6 is 15.9 Å². The number of carboxylic acid groups (broad SMARTS) is 1. The van der Waals surface area contributed by atoms with Crippen molar-refractivity contribution in [2.45, 2.75) is 6.92 Å². The van der Waals surface area contributed by atoms with Gasteiger partial charge in [0.05, 0.1) is 12.8 Å². The van der Waals surface area contributed by atoms with Crippen molar-refractivity contribution in [3.63, 3.8) is 0 Å². The number of carbonyl (C=O) groups is 1. The molecule has 0 aliphatic carbocycles. The molecule has 0 amide bonds. The lowest BCUT2D eigenvalue weighted by molar-refractivity contribution is 0.0692. The van der Waals surface area contributed by atoms with E-state index in [1.54, 1.807) is 31.7 Å². The molecule has 19 heavy (non-hydrogen) atoms. The molecule has 0 aliphatic heterocycles. The van der Waals surface area contributed by atoms with E-state index < -0.39 is 5.97 Å². The molecule has 0 bridgehead atoms. The lowest BCUT2D eigenvalue weighted by Gasteiger charge is -2.11. The maximum Gasteiger partial charge on any atom is 0.356 e.